The number of carbonyl (C=O) groups excluding carboxylic acids is 1. The molecule has 0 aromatic heterocycles. The Morgan fingerprint density at radius 1 is 1.35 bits per heavy atom. The molecule has 1 aromatic carbocycles. The van der Waals surface area contributed by atoms with Crippen molar-refractivity contribution in [1.82, 2.24) is 4.90 Å². The zero-order chi connectivity index (χ0) is 14.5. The van der Waals surface area contributed by atoms with Gasteiger partial charge in [0.15, 0.2) is 0 Å². The van der Waals surface area contributed by atoms with Crippen molar-refractivity contribution in [2.24, 2.45) is 10.7 Å². The quantitative estimate of drug-likeness (QED) is 0.865. The molecule has 1 aromatic rings. The number of carbonyl (C=O) groups is 1. The summed E-state index contributed by atoms with van der Waals surface area (Å²) in [6.07, 6.45) is 6.56. The van der Waals surface area contributed by atoms with E-state index in [1.807, 2.05) is 18.5 Å². The van der Waals surface area contributed by atoms with E-state index >= 15 is 0 Å². The Morgan fingerprint density at radius 3 is 2.65 bits per heavy atom. The summed E-state index contributed by atoms with van der Waals surface area (Å²) in [5, 5.41) is 0. The van der Waals surface area contributed by atoms with Crippen molar-refractivity contribution in [2.75, 3.05) is 0 Å². The second-order valence-corrected chi connectivity index (χ2v) is 5.33. The number of benzene rings is 1. The Labute approximate surface area is 120 Å². The van der Waals surface area contributed by atoms with Gasteiger partial charge in [-0.3, -0.25) is 4.79 Å². The second-order valence-electron chi connectivity index (χ2n) is 5.33. The van der Waals surface area contributed by atoms with Crippen LogP contribution in [-0.4, -0.2) is 23.2 Å². The second kappa shape index (κ2) is 6.55. The summed E-state index contributed by atoms with van der Waals surface area (Å²) in [6, 6.07) is 6.18. The lowest BCUT2D eigenvalue weighted by Gasteiger charge is -2.33. The van der Waals surface area contributed by atoms with Gasteiger partial charge in [0.05, 0.1) is 17.6 Å². The van der Waals surface area contributed by atoms with Crippen molar-refractivity contribution < 1.29 is 4.79 Å². The topological polar surface area (TPSA) is 58.7 Å². The Hall–Kier alpha value is -1.84. The predicted molar refractivity (Wildman–Crippen MR) is 82.3 cm³/mol. The van der Waals surface area contributed by atoms with Crippen LogP contribution in [0.5, 0.6) is 0 Å². The monoisotopic (exact) mass is 273 g/mol. The molecule has 4 nitrogen and oxygen atoms in total. The summed E-state index contributed by atoms with van der Waals surface area (Å²) in [6.45, 7) is 5.23. The van der Waals surface area contributed by atoms with Crippen LogP contribution in [0, 0.1) is 0 Å². The minimum Gasteiger partial charge on any atom is -0.366 e. The molecule has 0 unspecified atom stereocenters. The number of hydrogen-bond acceptors (Lipinski definition) is 3. The van der Waals surface area contributed by atoms with Crippen LogP contribution in [-0.2, 0) is 6.54 Å². The third-order valence-electron chi connectivity index (χ3n) is 3.79. The molecule has 0 fully saturated rings. The molecule has 1 aliphatic rings. The number of hydrogen-bond donors (Lipinski definition) is 1. The smallest absolute Gasteiger partial charge is 0.250 e. The van der Waals surface area contributed by atoms with Gasteiger partial charge >= 0.3 is 0 Å². The molecule has 4 heteroatoms. The molecule has 0 bridgehead atoms. The minimum absolute atomic E-state index is 0.411. The molecule has 2 rings (SSSR count). The van der Waals surface area contributed by atoms with Gasteiger partial charge in [0.25, 0.3) is 5.91 Å². The molecule has 108 valence electrons. The van der Waals surface area contributed by atoms with E-state index in [0.29, 0.717) is 11.6 Å². The first-order valence-electron chi connectivity index (χ1n) is 7.39. The SMILES string of the molecule is CCCC(CCC)N1C=Nc2c(cccc2C(N)=O)C1. The molecule has 0 radical (unpaired) electrons. The highest BCUT2D eigenvalue weighted by atomic mass is 16.1. The fraction of sp³-hybridized carbons (Fsp3) is 0.500. The van der Waals surface area contributed by atoms with E-state index in [1.54, 1.807) is 6.07 Å². The Morgan fingerprint density at radius 2 is 2.05 bits per heavy atom. The number of para-hydroxylation sites is 1. The van der Waals surface area contributed by atoms with E-state index in [9.17, 15) is 4.79 Å². The van der Waals surface area contributed by atoms with E-state index in [-0.39, 0.29) is 0 Å². The molecule has 1 heterocycles. The van der Waals surface area contributed by atoms with Gasteiger partial charge in [0, 0.05) is 12.6 Å². The maximum absolute atomic E-state index is 11.4. The average Bonchev–Trinajstić information content (AvgIpc) is 2.45. The van der Waals surface area contributed by atoms with Crippen LogP contribution < -0.4 is 5.73 Å². The fourth-order valence-electron chi connectivity index (χ4n) is 2.81. The summed E-state index contributed by atoms with van der Waals surface area (Å²) < 4.78 is 0. The van der Waals surface area contributed by atoms with Crippen LogP contribution in [0.3, 0.4) is 0 Å². The van der Waals surface area contributed by atoms with Crippen LogP contribution in [0.25, 0.3) is 0 Å². The summed E-state index contributed by atoms with van der Waals surface area (Å²) in [4.78, 5) is 18.2. The van der Waals surface area contributed by atoms with E-state index in [2.05, 4.69) is 23.7 Å². The zero-order valence-electron chi connectivity index (χ0n) is 12.3. The van der Waals surface area contributed by atoms with Gasteiger partial charge in [0.1, 0.15) is 0 Å². The molecule has 20 heavy (non-hydrogen) atoms. The van der Waals surface area contributed by atoms with Gasteiger partial charge in [-0.1, -0.05) is 38.8 Å². The number of amides is 1. The molecule has 1 aliphatic heterocycles. The molecular weight excluding hydrogens is 250 g/mol. The standard InChI is InChI=1S/C16H23N3O/c1-3-6-13(7-4-2)19-10-12-8-5-9-14(16(17)20)15(12)18-11-19/h5,8-9,11,13H,3-4,6-7,10H2,1-2H3,(H2,17,20). The highest BCUT2D eigenvalue weighted by Gasteiger charge is 2.21. The maximum Gasteiger partial charge on any atom is 0.250 e. The van der Waals surface area contributed by atoms with Gasteiger partial charge in [0.2, 0.25) is 0 Å². The average molecular weight is 273 g/mol. The summed E-state index contributed by atoms with van der Waals surface area (Å²) in [5.74, 6) is -0.411. The van der Waals surface area contributed by atoms with Gasteiger partial charge in [-0.15, -0.1) is 0 Å². The van der Waals surface area contributed by atoms with Gasteiger partial charge in [-0.2, -0.15) is 0 Å². The summed E-state index contributed by atoms with van der Waals surface area (Å²) in [7, 11) is 0. The van der Waals surface area contributed by atoms with Crippen molar-refractivity contribution >= 4 is 17.9 Å². The Kier molecular flexibility index (Phi) is 4.77. The summed E-state index contributed by atoms with van der Waals surface area (Å²) >= 11 is 0. The fourth-order valence-corrected chi connectivity index (χ4v) is 2.81. The molecule has 1 amide bonds. The first kappa shape index (κ1) is 14.6. The molecular formula is C16H23N3O. The number of aliphatic imine (C=N–C) groups is 1. The van der Waals surface area contributed by atoms with Crippen molar-refractivity contribution in [3.8, 4) is 0 Å². The van der Waals surface area contributed by atoms with Crippen LogP contribution in [0.1, 0.15) is 55.5 Å². The molecule has 0 saturated heterocycles. The van der Waals surface area contributed by atoms with Crippen molar-refractivity contribution in [2.45, 2.75) is 52.1 Å². The lowest BCUT2D eigenvalue weighted by Crippen LogP contribution is -2.35. The Bertz CT molecular complexity index is 504. The van der Waals surface area contributed by atoms with E-state index in [4.69, 9.17) is 5.73 Å². The molecule has 0 aliphatic carbocycles. The molecule has 2 N–H and O–H groups in total. The molecule has 0 spiro atoms. The first-order chi connectivity index (χ1) is 9.67. The van der Waals surface area contributed by atoms with Crippen LogP contribution >= 0.6 is 0 Å². The maximum atomic E-state index is 11.4. The normalized spacial score (nSPS) is 13.7. The van der Waals surface area contributed by atoms with Crippen molar-refractivity contribution in [1.29, 1.82) is 0 Å². The Balaban J connectivity index is 2.24. The largest absolute Gasteiger partial charge is 0.366 e. The van der Waals surface area contributed by atoms with Crippen molar-refractivity contribution in [3.63, 3.8) is 0 Å². The van der Waals surface area contributed by atoms with Gasteiger partial charge in [-0.25, -0.2) is 4.99 Å². The van der Waals surface area contributed by atoms with E-state index in [1.165, 1.54) is 25.7 Å². The third kappa shape index (κ3) is 3.00. The number of nitrogens with two attached hydrogens (primary N) is 1. The lowest BCUT2D eigenvalue weighted by atomic mass is 10.0. The van der Waals surface area contributed by atoms with Crippen molar-refractivity contribution in [3.05, 3.63) is 29.3 Å². The minimum atomic E-state index is -0.411. The summed E-state index contributed by atoms with van der Waals surface area (Å²) in [5.41, 5.74) is 7.74. The van der Waals surface area contributed by atoms with Gasteiger partial charge < -0.3 is 10.6 Å². The highest BCUT2D eigenvalue weighted by molar-refractivity contribution is 5.99. The number of primary amides is 1. The molecule has 0 saturated carbocycles. The lowest BCUT2D eigenvalue weighted by molar-refractivity contribution is 0.100. The van der Waals surface area contributed by atoms with Crippen LogP contribution in [0.4, 0.5) is 5.69 Å². The third-order valence-corrected chi connectivity index (χ3v) is 3.79. The number of rotatable bonds is 6. The van der Waals surface area contributed by atoms with Crippen LogP contribution in [0.15, 0.2) is 23.2 Å². The molecule has 0 atom stereocenters. The zero-order valence-corrected chi connectivity index (χ0v) is 12.3. The van der Waals surface area contributed by atoms with E-state index < -0.39 is 5.91 Å². The van der Waals surface area contributed by atoms with Gasteiger partial charge in [-0.05, 0) is 24.5 Å². The highest BCUT2D eigenvalue weighted by Crippen LogP contribution is 2.30. The number of nitrogens with zero attached hydrogens (tertiary/aromatic N) is 2. The predicted octanol–water partition coefficient (Wildman–Crippen LogP) is 3.23. The van der Waals surface area contributed by atoms with E-state index in [0.717, 1.165) is 17.8 Å². The first-order valence-corrected chi connectivity index (χ1v) is 7.39. The van der Waals surface area contributed by atoms with Crippen LogP contribution in [0.2, 0.25) is 0 Å². The number of fused-ring (bicyclic) bond motifs is 1.